The Balaban J connectivity index is 4.24. The van der Waals surface area contributed by atoms with Gasteiger partial charge in [0.1, 0.15) is 6.04 Å². The van der Waals surface area contributed by atoms with E-state index in [2.05, 4.69) is 26.6 Å². The number of carbonyl (C=O) groups excluding carboxylic acids is 6. The van der Waals surface area contributed by atoms with Gasteiger partial charge in [0.2, 0.25) is 35.4 Å². The molecule has 1 unspecified atom stereocenters. The van der Waals surface area contributed by atoms with Crippen molar-refractivity contribution in [2.75, 3.05) is 83.5 Å². The molecule has 346 valence electrons. The van der Waals surface area contributed by atoms with E-state index in [1.807, 2.05) is 27.0 Å². The van der Waals surface area contributed by atoms with Crippen LogP contribution in [0.25, 0.3) is 0 Å². The van der Waals surface area contributed by atoms with Crippen molar-refractivity contribution >= 4 is 80.7 Å². The van der Waals surface area contributed by atoms with E-state index in [4.69, 9.17) is 14.6 Å². The van der Waals surface area contributed by atoms with Crippen molar-refractivity contribution in [3.63, 3.8) is 0 Å². The first-order valence-corrected chi connectivity index (χ1v) is 24.2. The van der Waals surface area contributed by atoms with Crippen LogP contribution >= 0.6 is 33.3 Å². The Hall–Kier alpha value is -3.27. The van der Waals surface area contributed by atoms with Crippen molar-refractivity contribution < 1.29 is 58.0 Å². The second-order valence-corrected chi connectivity index (χ2v) is 19.2. The predicted octanol–water partition coefficient (Wildman–Crippen LogP) is 2.29. The molecule has 0 rings (SSSR count). The van der Waals surface area contributed by atoms with Crippen molar-refractivity contribution in [2.45, 2.75) is 104 Å². The van der Waals surface area contributed by atoms with E-state index in [1.54, 1.807) is 18.7 Å². The minimum Gasteiger partial charge on any atom is -0.481 e. The molecule has 0 bridgehead atoms. The Morgan fingerprint density at radius 3 is 1.88 bits per heavy atom. The first kappa shape index (κ1) is 56.7. The largest absolute Gasteiger partial charge is 0.481 e. The van der Waals surface area contributed by atoms with Crippen molar-refractivity contribution in [1.29, 1.82) is 0 Å². The molecule has 0 aromatic carbocycles. The molecule has 0 aromatic rings. The van der Waals surface area contributed by atoms with Gasteiger partial charge < -0.3 is 51.2 Å². The third-order valence-corrected chi connectivity index (χ3v) is 11.6. The van der Waals surface area contributed by atoms with Gasteiger partial charge in [-0.1, -0.05) is 56.2 Å². The zero-order valence-corrected chi connectivity index (χ0v) is 38.7. The standard InChI is InChI=1S/C39H70N6O12S3/c1-28(2)59-26-33(48)41-17-19-45(20-18-42-34(49)27-60-58-6)35(50)11-10-31(46)43-25-29(3)13-21-56-23-24-57-22-14-32(47)40-16-8-7-9-30(37(53)54)44-38(55)39(4,5)15-12-36(51)52/h28-30H,7-27H2,1-6H3,(H,40,47)(H,41,48)(H,42,49)(H,43,46)(H,44,55)(H,51,52)(H,53,54)/t29?,30-/m0/s1. The summed E-state index contributed by atoms with van der Waals surface area (Å²) in [7, 11) is 2.91. The normalized spacial score (nSPS) is 12.2. The summed E-state index contributed by atoms with van der Waals surface area (Å²) in [6.45, 7) is 12.2. The van der Waals surface area contributed by atoms with Crippen molar-refractivity contribution in [2.24, 2.45) is 11.3 Å². The predicted molar refractivity (Wildman–Crippen MR) is 236 cm³/mol. The number of nitrogens with zero attached hydrogens (tertiary/aromatic N) is 1. The Bertz CT molecular complexity index is 1330. The molecule has 18 nitrogen and oxygen atoms in total. The third-order valence-electron chi connectivity index (χ3n) is 8.85. The van der Waals surface area contributed by atoms with Crippen LogP contribution in [0.3, 0.4) is 0 Å². The number of hydrogen-bond donors (Lipinski definition) is 7. The summed E-state index contributed by atoms with van der Waals surface area (Å²) in [5, 5.41) is 32.4. The highest BCUT2D eigenvalue weighted by Gasteiger charge is 2.31. The number of ether oxygens (including phenoxy) is 2. The number of nitrogens with one attached hydrogen (secondary N) is 5. The minimum atomic E-state index is -1.18. The maximum absolute atomic E-state index is 13.0. The molecule has 0 aliphatic carbocycles. The van der Waals surface area contributed by atoms with Crippen molar-refractivity contribution in [3.05, 3.63) is 0 Å². The highest BCUT2D eigenvalue weighted by atomic mass is 33.1. The molecule has 0 aliphatic heterocycles. The zero-order valence-electron chi connectivity index (χ0n) is 36.2. The lowest BCUT2D eigenvalue weighted by Gasteiger charge is -2.25. The molecule has 21 heteroatoms. The maximum Gasteiger partial charge on any atom is 0.326 e. The lowest BCUT2D eigenvalue weighted by Crippen LogP contribution is -2.46. The second kappa shape index (κ2) is 34.3. The Kier molecular flexibility index (Phi) is 32.5. The Labute approximate surface area is 367 Å². The molecule has 0 saturated heterocycles. The van der Waals surface area contributed by atoms with E-state index in [0.29, 0.717) is 68.9 Å². The molecule has 0 fully saturated rings. The molecule has 0 heterocycles. The van der Waals surface area contributed by atoms with Crippen LogP contribution in [-0.4, -0.2) is 157 Å². The van der Waals surface area contributed by atoms with Gasteiger partial charge in [0.25, 0.3) is 0 Å². The molecular weight excluding hydrogens is 841 g/mol. The van der Waals surface area contributed by atoms with E-state index in [1.165, 1.54) is 33.3 Å². The highest BCUT2D eigenvalue weighted by Crippen LogP contribution is 2.23. The van der Waals surface area contributed by atoms with Crippen LogP contribution in [-0.2, 0) is 47.8 Å². The van der Waals surface area contributed by atoms with E-state index in [9.17, 15) is 43.5 Å². The molecule has 0 radical (unpaired) electrons. The van der Waals surface area contributed by atoms with Crippen LogP contribution < -0.4 is 26.6 Å². The van der Waals surface area contributed by atoms with Crippen LogP contribution in [0, 0.1) is 11.3 Å². The molecule has 6 amide bonds. The molecule has 0 saturated carbocycles. The zero-order chi connectivity index (χ0) is 45.3. The SMILES string of the molecule is CSSCC(=O)NCCN(CCNC(=O)CSC(C)C)C(=O)CCC(=O)NCC(C)CCOCCOCCC(=O)NCCCC[C@H](NC(=O)C(C)(C)CCC(=O)O)C(=O)O. The van der Waals surface area contributed by atoms with E-state index < -0.39 is 29.3 Å². The summed E-state index contributed by atoms with van der Waals surface area (Å²) < 4.78 is 11.1. The summed E-state index contributed by atoms with van der Waals surface area (Å²) in [4.78, 5) is 98.3. The van der Waals surface area contributed by atoms with Crippen LogP contribution in [0.5, 0.6) is 0 Å². The molecule has 0 aliphatic rings. The number of carboxylic acids is 2. The number of carboxylic acid groups (broad SMARTS) is 2. The topological polar surface area (TPSA) is 259 Å². The summed E-state index contributed by atoms with van der Waals surface area (Å²) in [6.07, 6.45) is 3.70. The van der Waals surface area contributed by atoms with Gasteiger partial charge in [0.05, 0.1) is 31.3 Å². The number of aliphatic carboxylic acids is 2. The number of thioether (sulfide) groups is 1. The van der Waals surface area contributed by atoms with E-state index in [-0.39, 0.29) is 107 Å². The lowest BCUT2D eigenvalue weighted by molar-refractivity contribution is -0.144. The Morgan fingerprint density at radius 2 is 1.28 bits per heavy atom. The molecule has 0 spiro atoms. The summed E-state index contributed by atoms with van der Waals surface area (Å²) in [5.74, 6) is -2.94. The average Bonchev–Trinajstić information content (AvgIpc) is 3.19. The van der Waals surface area contributed by atoms with Crippen LogP contribution in [0.4, 0.5) is 0 Å². The molecule has 0 aromatic heterocycles. The van der Waals surface area contributed by atoms with Crippen LogP contribution in [0.2, 0.25) is 0 Å². The van der Waals surface area contributed by atoms with E-state index >= 15 is 0 Å². The highest BCUT2D eigenvalue weighted by molar-refractivity contribution is 8.76. The first-order chi connectivity index (χ1) is 28.4. The third kappa shape index (κ3) is 31.6. The van der Waals surface area contributed by atoms with Gasteiger partial charge >= 0.3 is 11.9 Å². The summed E-state index contributed by atoms with van der Waals surface area (Å²) >= 11 is 1.53. The van der Waals surface area contributed by atoms with Crippen molar-refractivity contribution in [1.82, 2.24) is 31.5 Å². The minimum absolute atomic E-state index is 0.00486. The number of rotatable bonds is 37. The summed E-state index contributed by atoms with van der Waals surface area (Å²) in [5.41, 5.74) is -1.03. The lowest BCUT2D eigenvalue weighted by atomic mass is 9.86. The molecular formula is C39H70N6O12S3. The summed E-state index contributed by atoms with van der Waals surface area (Å²) in [6, 6.07) is -1.12. The fourth-order valence-electron chi connectivity index (χ4n) is 5.04. The van der Waals surface area contributed by atoms with Crippen LogP contribution in [0.15, 0.2) is 0 Å². The number of hydrogen-bond acceptors (Lipinski definition) is 13. The fourth-order valence-corrected chi connectivity index (χ4v) is 6.63. The maximum atomic E-state index is 13.0. The fraction of sp³-hybridized carbons (Fsp3) is 0.795. The smallest absolute Gasteiger partial charge is 0.326 e. The molecule has 2 atom stereocenters. The molecule has 60 heavy (non-hydrogen) atoms. The average molecular weight is 911 g/mol. The second-order valence-electron chi connectivity index (χ2n) is 15.0. The number of carbonyl (C=O) groups is 8. The van der Waals surface area contributed by atoms with Gasteiger partial charge in [-0.25, -0.2) is 4.79 Å². The monoisotopic (exact) mass is 910 g/mol. The number of unbranched alkanes of at least 4 members (excludes halogenated alkanes) is 1. The van der Waals surface area contributed by atoms with Gasteiger partial charge in [-0.05, 0) is 49.5 Å². The van der Waals surface area contributed by atoms with E-state index in [0.717, 1.165) is 0 Å². The molecule has 7 N–H and O–H groups in total. The van der Waals surface area contributed by atoms with Gasteiger partial charge in [0, 0.05) is 77.0 Å². The van der Waals surface area contributed by atoms with Gasteiger partial charge in [0.15, 0.2) is 0 Å². The van der Waals surface area contributed by atoms with Crippen molar-refractivity contribution in [3.8, 4) is 0 Å². The number of amides is 6. The van der Waals surface area contributed by atoms with Crippen LogP contribution in [0.1, 0.15) is 92.4 Å². The van der Waals surface area contributed by atoms with Gasteiger partial charge in [-0.15, -0.1) is 11.8 Å². The van der Waals surface area contributed by atoms with Gasteiger partial charge in [-0.2, -0.15) is 0 Å². The van der Waals surface area contributed by atoms with Gasteiger partial charge in [-0.3, -0.25) is 33.6 Å². The Morgan fingerprint density at radius 1 is 0.683 bits per heavy atom. The quantitative estimate of drug-likeness (QED) is 0.0349. The first-order valence-electron chi connectivity index (χ1n) is 20.4.